The van der Waals surface area contributed by atoms with Crippen molar-refractivity contribution in [3.63, 3.8) is 0 Å². The van der Waals surface area contributed by atoms with E-state index in [1.54, 1.807) is 9.80 Å². The van der Waals surface area contributed by atoms with Crippen molar-refractivity contribution in [3.8, 4) is 0 Å². The van der Waals surface area contributed by atoms with Crippen LogP contribution in [0.2, 0.25) is 0 Å². The van der Waals surface area contributed by atoms with Crippen LogP contribution in [0.4, 0.5) is 9.59 Å². The second-order valence-electron chi connectivity index (χ2n) is 11.0. The van der Waals surface area contributed by atoms with Gasteiger partial charge in [-0.3, -0.25) is 0 Å². The van der Waals surface area contributed by atoms with Crippen LogP contribution in [0.1, 0.15) is 95.9 Å². The van der Waals surface area contributed by atoms with Crippen LogP contribution in [-0.4, -0.2) is 76.4 Å². The maximum atomic E-state index is 11.9. The number of nitrogens with zero attached hydrogens (tertiary/aromatic N) is 2. The lowest BCUT2D eigenvalue weighted by atomic mass is 9.93. The van der Waals surface area contributed by atoms with E-state index in [0.29, 0.717) is 19.0 Å². The Hall–Kier alpha value is -1.83. The second-order valence-corrected chi connectivity index (χ2v) is 11.0. The molecule has 8 heteroatoms. The van der Waals surface area contributed by atoms with E-state index >= 15 is 0 Å². The predicted octanol–water partition coefficient (Wildman–Crippen LogP) is 5.51. The summed E-state index contributed by atoms with van der Waals surface area (Å²) >= 11 is 0. The summed E-state index contributed by atoms with van der Waals surface area (Å²) < 4.78 is 10.7. The molecule has 0 radical (unpaired) electrons. The van der Waals surface area contributed by atoms with Gasteiger partial charge in [0, 0.05) is 37.7 Å². The van der Waals surface area contributed by atoms with Crippen LogP contribution in [0.3, 0.4) is 0 Å². The molecule has 2 heterocycles. The van der Waals surface area contributed by atoms with Gasteiger partial charge in [0.25, 0.3) is 0 Å². The van der Waals surface area contributed by atoms with Gasteiger partial charge in [-0.05, 0) is 87.0 Å². The van der Waals surface area contributed by atoms with Gasteiger partial charge in [-0.1, -0.05) is 14.9 Å². The fourth-order valence-corrected chi connectivity index (χ4v) is 3.95. The number of carbonyl (C=O) groups excluding carboxylic acids is 3. The molecule has 0 aromatic carbocycles. The van der Waals surface area contributed by atoms with Crippen LogP contribution in [0.15, 0.2) is 0 Å². The number of aldehydes is 1. The molecule has 0 spiro atoms. The molecular formula is C26H52N2O6. The molecule has 2 fully saturated rings. The number of ether oxygens (including phenoxy) is 2. The molecule has 2 aliphatic heterocycles. The topological polar surface area (TPSA) is 96.4 Å². The number of piperidine rings is 2. The Balaban J connectivity index is 0. The summed E-state index contributed by atoms with van der Waals surface area (Å²) in [6, 6.07) is 0.236. The number of carbonyl (C=O) groups is 3. The summed E-state index contributed by atoms with van der Waals surface area (Å²) in [5, 5.41) is 9.09. The number of hydrogen-bond donors (Lipinski definition) is 1. The normalized spacial score (nSPS) is 25.0. The number of amides is 2. The SMILES string of the molecule is C.C.CC1CC(C=O)CCN1C(=O)OC(C)(C)C.CC1CC(CO)CCN1C(=O)OC(C)(C)C. The molecule has 4 atom stereocenters. The maximum absolute atomic E-state index is 11.9. The Morgan fingerprint density at radius 2 is 1.26 bits per heavy atom. The van der Waals surface area contributed by atoms with Gasteiger partial charge in [-0.2, -0.15) is 0 Å². The van der Waals surface area contributed by atoms with Crippen LogP contribution < -0.4 is 0 Å². The highest BCUT2D eigenvalue weighted by atomic mass is 16.6. The highest BCUT2D eigenvalue weighted by Crippen LogP contribution is 2.25. The summed E-state index contributed by atoms with van der Waals surface area (Å²) in [7, 11) is 0. The zero-order valence-electron chi connectivity index (χ0n) is 21.2. The first-order valence-electron chi connectivity index (χ1n) is 11.7. The van der Waals surface area contributed by atoms with Crippen molar-refractivity contribution in [1.29, 1.82) is 0 Å². The van der Waals surface area contributed by atoms with Crippen molar-refractivity contribution < 1.29 is 29.0 Å². The quantitative estimate of drug-likeness (QED) is 0.515. The maximum Gasteiger partial charge on any atom is 0.410 e. The average Bonchev–Trinajstić information content (AvgIpc) is 2.65. The number of aliphatic hydroxyl groups excluding tert-OH is 1. The third-order valence-corrected chi connectivity index (χ3v) is 5.61. The smallest absolute Gasteiger partial charge is 0.410 e. The van der Waals surface area contributed by atoms with Crippen molar-refractivity contribution in [2.45, 2.75) is 119 Å². The van der Waals surface area contributed by atoms with E-state index in [1.807, 2.05) is 55.4 Å². The molecule has 1 N–H and O–H groups in total. The van der Waals surface area contributed by atoms with Gasteiger partial charge < -0.3 is 29.2 Å². The van der Waals surface area contributed by atoms with Crippen LogP contribution in [0.5, 0.6) is 0 Å². The van der Waals surface area contributed by atoms with Crippen molar-refractivity contribution in [2.24, 2.45) is 11.8 Å². The minimum atomic E-state index is -0.460. The molecule has 2 saturated heterocycles. The lowest BCUT2D eigenvalue weighted by Crippen LogP contribution is -2.47. The molecule has 8 nitrogen and oxygen atoms in total. The molecule has 0 aliphatic carbocycles. The van der Waals surface area contributed by atoms with Gasteiger partial charge in [0.05, 0.1) is 0 Å². The van der Waals surface area contributed by atoms with E-state index in [2.05, 4.69) is 0 Å². The van der Waals surface area contributed by atoms with Crippen LogP contribution in [-0.2, 0) is 14.3 Å². The number of likely N-dealkylation sites (tertiary alicyclic amines) is 2. The number of rotatable bonds is 2. The molecular weight excluding hydrogens is 436 g/mol. The Bertz CT molecular complexity index is 626. The zero-order chi connectivity index (χ0) is 24.7. The van der Waals surface area contributed by atoms with Gasteiger partial charge in [0.2, 0.25) is 0 Å². The molecule has 0 bridgehead atoms. The molecule has 2 aliphatic rings. The standard InChI is InChI=1S/C12H23NO3.C12H21NO3.2CH4/c2*1-9-7-10(8-14)5-6-13(9)11(15)16-12(2,3)4;;/h9-10,14H,5-8H2,1-4H3;8-10H,5-7H2,1-4H3;2*1H4. The van der Waals surface area contributed by atoms with E-state index in [1.165, 1.54) is 0 Å². The highest BCUT2D eigenvalue weighted by Gasteiger charge is 2.32. The third kappa shape index (κ3) is 12.0. The van der Waals surface area contributed by atoms with Gasteiger partial charge >= 0.3 is 12.2 Å². The fraction of sp³-hybridized carbons (Fsp3) is 0.885. The van der Waals surface area contributed by atoms with Gasteiger partial charge in [0.15, 0.2) is 0 Å². The summed E-state index contributed by atoms with van der Waals surface area (Å²) in [4.78, 5) is 37.8. The summed E-state index contributed by atoms with van der Waals surface area (Å²) in [6.07, 6.45) is 3.68. The first-order chi connectivity index (χ1) is 14.7. The largest absolute Gasteiger partial charge is 0.444 e. The van der Waals surface area contributed by atoms with Crippen molar-refractivity contribution in [2.75, 3.05) is 19.7 Å². The van der Waals surface area contributed by atoms with Crippen molar-refractivity contribution in [1.82, 2.24) is 9.80 Å². The van der Waals surface area contributed by atoms with E-state index < -0.39 is 11.2 Å². The molecule has 4 unspecified atom stereocenters. The van der Waals surface area contributed by atoms with Crippen molar-refractivity contribution >= 4 is 18.5 Å². The monoisotopic (exact) mass is 488 g/mol. The Labute approximate surface area is 208 Å². The molecule has 0 aromatic heterocycles. The van der Waals surface area contributed by atoms with Gasteiger partial charge in [0.1, 0.15) is 17.5 Å². The zero-order valence-corrected chi connectivity index (χ0v) is 21.2. The Morgan fingerprint density at radius 1 is 0.853 bits per heavy atom. The summed E-state index contributed by atoms with van der Waals surface area (Å²) in [6.45, 7) is 16.6. The second kappa shape index (κ2) is 14.5. The first kappa shape index (κ1) is 34.3. The lowest BCUT2D eigenvalue weighted by molar-refractivity contribution is -0.113. The summed E-state index contributed by atoms with van der Waals surface area (Å²) in [5.41, 5.74) is -0.900. The van der Waals surface area contributed by atoms with E-state index in [0.717, 1.165) is 32.0 Å². The molecule has 202 valence electrons. The van der Waals surface area contributed by atoms with E-state index in [9.17, 15) is 14.4 Å². The molecule has 2 rings (SSSR count). The first-order valence-corrected chi connectivity index (χ1v) is 11.7. The van der Waals surface area contributed by atoms with Gasteiger partial charge in [-0.25, -0.2) is 9.59 Å². The fourth-order valence-electron chi connectivity index (χ4n) is 3.95. The molecule has 34 heavy (non-hydrogen) atoms. The Kier molecular flexibility index (Phi) is 14.7. The van der Waals surface area contributed by atoms with Crippen molar-refractivity contribution in [3.05, 3.63) is 0 Å². The highest BCUT2D eigenvalue weighted by molar-refractivity contribution is 5.69. The molecule has 0 saturated carbocycles. The van der Waals surface area contributed by atoms with E-state index in [-0.39, 0.29) is 51.6 Å². The van der Waals surface area contributed by atoms with Gasteiger partial charge in [-0.15, -0.1) is 0 Å². The summed E-state index contributed by atoms with van der Waals surface area (Å²) in [5.74, 6) is 0.419. The lowest BCUT2D eigenvalue weighted by Gasteiger charge is -2.37. The van der Waals surface area contributed by atoms with E-state index in [4.69, 9.17) is 14.6 Å². The number of hydrogen-bond acceptors (Lipinski definition) is 6. The number of aliphatic hydroxyl groups is 1. The predicted molar refractivity (Wildman–Crippen MR) is 137 cm³/mol. The molecule has 0 aromatic rings. The van der Waals surface area contributed by atoms with Crippen LogP contribution in [0, 0.1) is 11.8 Å². The Morgan fingerprint density at radius 3 is 1.59 bits per heavy atom. The van der Waals surface area contributed by atoms with Crippen LogP contribution in [0.25, 0.3) is 0 Å². The minimum absolute atomic E-state index is 0. The van der Waals surface area contributed by atoms with Crippen LogP contribution >= 0.6 is 0 Å². The minimum Gasteiger partial charge on any atom is -0.444 e. The molecule has 2 amide bonds. The average molecular weight is 489 g/mol. The third-order valence-electron chi connectivity index (χ3n) is 5.61.